The highest BCUT2D eigenvalue weighted by molar-refractivity contribution is 7.89. The first-order chi connectivity index (χ1) is 8.65. The summed E-state index contributed by atoms with van der Waals surface area (Å²) in [4.78, 5) is 12.0. The molecular formula is C13H26N2O3S. The lowest BCUT2D eigenvalue weighted by Gasteiger charge is -2.32. The highest BCUT2D eigenvalue weighted by atomic mass is 32.2. The van der Waals surface area contributed by atoms with Crippen molar-refractivity contribution in [2.75, 3.05) is 18.8 Å². The molecule has 1 saturated heterocycles. The minimum absolute atomic E-state index is 0.0417. The van der Waals surface area contributed by atoms with E-state index in [1.54, 1.807) is 0 Å². The number of rotatable bonds is 4. The third-order valence-electron chi connectivity index (χ3n) is 3.18. The molecular weight excluding hydrogens is 264 g/mol. The van der Waals surface area contributed by atoms with Crippen LogP contribution in [0.25, 0.3) is 0 Å². The number of carbonyl (C=O) groups excluding carboxylic acids is 1. The van der Waals surface area contributed by atoms with Gasteiger partial charge in [0.05, 0.1) is 5.75 Å². The van der Waals surface area contributed by atoms with Crippen molar-refractivity contribution in [1.82, 2.24) is 9.62 Å². The molecule has 0 atom stereocenters. The van der Waals surface area contributed by atoms with Crippen LogP contribution in [0.3, 0.4) is 0 Å². The summed E-state index contributed by atoms with van der Waals surface area (Å²) in [6.45, 7) is 8.64. The summed E-state index contributed by atoms with van der Waals surface area (Å²) in [5, 5.41) is 2.96. The van der Waals surface area contributed by atoms with Crippen molar-refractivity contribution in [3.8, 4) is 0 Å². The van der Waals surface area contributed by atoms with E-state index in [1.807, 2.05) is 27.7 Å². The van der Waals surface area contributed by atoms with Crippen LogP contribution in [0, 0.1) is 5.92 Å². The first kappa shape index (κ1) is 16.4. The number of carbonyl (C=O) groups is 1. The predicted octanol–water partition coefficient (Wildman–Crippen LogP) is 1.35. The van der Waals surface area contributed by atoms with Crippen molar-refractivity contribution in [1.29, 1.82) is 0 Å². The van der Waals surface area contributed by atoms with E-state index in [0.717, 1.165) is 0 Å². The zero-order valence-corrected chi connectivity index (χ0v) is 13.2. The van der Waals surface area contributed by atoms with E-state index in [4.69, 9.17) is 0 Å². The standard InChI is InChI=1S/C13H26N2O3S/c1-5-10-19(17,18)15-8-6-11(7-9-15)12(16)14-13(2,3)4/h11H,5-10H2,1-4H3,(H,14,16). The fraction of sp³-hybridized carbons (Fsp3) is 0.923. The predicted molar refractivity (Wildman–Crippen MR) is 76.3 cm³/mol. The maximum atomic E-state index is 12.0. The fourth-order valence-electron chi connectivity index (χ4n) is 2.25. The Kier molecular flexibility index (Phi) is 5.38. The van der Waals surface area contributed by atoms with E-state index >= 15 is 0 Å². The summed E-state index contributed by atoms with van der Waals surface area (Å²) >= 11 is 0. The highest BCUT2D eigenvalue weighted by Crippen LogP contribution is 2.21. The second-order valence-corrected chi connectivity index (χ2v) is 8.32. The molecule has 0 aromatic heterocycles. The summed E-state index contributed by atoms with van der Waals surface area (Å²) < 4.78 is 25.4. The number of nitrogens with zero attached hydrogens (tertiary/aromatic N) is 1. The molecule has 6 heteroatoms. The second-order valence-electron chi connectivity index (χ2n) is 6.23. The van der Waals surface area contributed by atoms with Gasteiger partial charge in [-0.2, -0.15) is 0 Å². The van der Waals surface area contributed by atoms with Gasteiger partial charge < -0.3 is 5.32 Å². The molecule has 0 aromatic carbocycles. The lowest BCUT2D eigenvalue weighted by atomic mass is 9.96. The van der Waals surface area contributed by atoms with Crippen LogP contribution in [-0.4, -0.2) is 43.0 Å². The maximum Gasteiger partial charge on any atom is 0.223 e. The summed E-state index contributed by atoms with van der Waals surface area (Å²) in [5.41, 5.74) is -0.234. The van der Waals surface area contributed by atoms with Crippen molar-refractivity contribution in [3.63, 3.8) is 0 Å². The number of hydrogen-bond acceptors (Lipinski definition) is 3. The van der Waals surface area contributed by atoms with Gasteiger partial charge in [0.2, 0.25) is 15.9 Å². The Bertz CT molecular complexity index is 404. The summed E-state index contributed by atoms with van der Waals surface area (Å²) in [6.07, 6.45) is 1.86. The number of piperidine rings is 1. The van der Waals surface area contributed by atoms with Crippen LogP contribution in [0.15, 0.2) is 0 Å². The molecule has 1 aliphatic rings. The lowest BCUT2D eigenvalue weighted by Crippen LogP contribution is -2.48. The van der Waals surface area contributed by atoms with Crippen LogP contribution in [0.5, 0.6) is 0 Å². The quantitative estimate of drug-likeness (QED) is 0.850. The number of hydrogen-bond donors (Lipinski definition) is 1. The molecule has 0 radical (unpaired) electrons. The van der Waals surface area contributed by atoms with Gasteiger partial charge in [0.15, 0.2) is 0 Å². The van der Waals surface area contributed by atoms with E-state index in [9.17, 15) is 13.2 Å². The Labute approximate surface area is 116 Å². The van der Waals surface area contributed by atoms with Crippen LogP contribution in [0.2, 0.25) is 0 Å². The molecule has 0 aliphatic carbocycles. The van der Waals surface area contributed by atoms with Gasteiger partial charge in [-0.25, -0.2) is 12.7 Å². The van der Waals surface area contributed by atoms with Crippen LogP contribution in [0.1, 0.15) is 47.0 Å². The molecule has 1 amide bonds. The molecule has 0 saturated carbocycles. The SMILES string of the molecule is CCCS(=O)(=O)N1CCC(C(=O)NC(C)(C)C)CC1. The molecule has 1 N–H and O–H groups in total. The van der Waals surface area contributed by atoms with Gasteiger partial charge in [-0.3, -0.25) is 4.79 Å². The Hall–Kier alpha value is -0.620. The van der Waals surface area contributed by atoms with Crippen molar-refractivity contribution in [3.05, 3.63) is 0 Å². The minimum atomic E-state index is -3.12. The van der Waals surface area contributed by atoms with E-state index in [0.29, 0.717) is 32.4 Å². The van der Waals surface area contributed by atoms with Gasteiger partial charge in [-0.15, -0.1) is 0 Å². The van der Waals surface area contributed by atoms with Crippen molar-refractivity contribution >= 4 is 15.9 Å². The summed E-state index contributed by atoms with van der Waals surface area (Å²) in [6, 6.07) is 0. The molecule has 5 nitrogen and oxygen atoms in total. The fourth-order valence-corrected chi connectivity index (χ4v) is 3.80. The van der Waals surface area contributed by atoms with Crippen molar-refractivity contribution in [2.24, 2.45) is 5.92 Å². The van der Waals surface area contributed by atoms with Crippen LogP contribution >= 0.6 is 0 Å². The van der Waals surface area contributed by atoms with Gasteiger partial charge in [-0.05, 0) is 40.0 Å². The van der Waals surface area contributed by atoms with Gasteiger partial charge in [-0.1, -0.05) is 6.92 Å². The molecule has 1 rings (SSSR count). The van der Waals surface area contributed by atoms with Gasteiger partial charge in [0.25, 0.3) is 0 Å². The van der Waals surface area contributed by atoms with Crippen LogP contribution in [0.4, 0.5) is 0 Å². The molecule has 1 fully saturated rings. The highest BCUT2D eigenvalue weighted by Gasteiger charge is 2.31. The Morgan fingerprint density at radius 3 is 2.21 bits per heavy atom. The molecule has 0 spiro atoms. The smallest absolute Gasteiger partial charge is 0.223 e. The Morgan fingerprint density at radius 2 is 1.79 bits per heavy atom. The number of sulfonamides is 1. The van der Waals surface area contributed by atoms with E-state index < -0.39 is 10.0 Å². The van der Waals surface area contributed by atoms with Gasteiger partial charge in [0, 0.05) is 24.5 Å². The third-order valence-corrected chi connectivity index (χ3v) is 5.25. The van der Waals surface area contributed by atoms with Gasteiger partial charge >= 0.3 is 0 Å². The molecule has 1 aliphatic heterocycles. The zero-order chi connectivity index (χ0) is 14.7. The Balaban J connectivity index is 2.52. The average Bonchev–Trinajstić information content (AvgIpc) is 2.27. The number of nitrogens with one attached hydrogen (secondary N) is 1. The Morgan fingerprint density at radius 1 is 1.26 bits per heavy atom. The summed E-state index contributed by atoms with van der Waals surface area (Å²) in [5.74, 6) is 0.179. The van der Waals surface area contributed by atoms with Gasteiger partial charge in [0.1, 0.15) is 0 Å². The second kappa shape index (κ2) is 6.22. The third kappa shape index (κ3) is 5.10. The van der Waals surface area contributed by atoms with Crippen LogP contribution in [-0.2, 0) is 14.8 Å². The molecule has 112 valence electrons. The van der Waals surface area contributed by atoms with Crippen LogP contribution < -0.4 is 5.32 Å². The molecule has 0 unspecified atom stereocenters. The lowest BCUT2D eigenvalue weighted by molar-refractivity contribution is -0.127. The van der Waals surface area contributed by atoms with E-state index in [2.05, 4.69) is 5.32 Å². The first-order valence-electron chi connectivity index (χ1n) is 6.95. The van der Waals surface area contributed by atoms with Crippen molar-refractivity contribution < 1.29 is 13.2 Å². The van der Waals surface area contributed by atoms with Crippen molar-refractivity contribution in [2.45, 2.75) is 52.5 Å². The molecule has 1 heterocycles. The molecule has 0 bridgehead atoms. The zero-order valence-electron chi connectivity index (χ0n) is 12.4. The van der Waals surface area contributed by atoms with E-state index in [-0.39, 0.29) is 23.1 Å². The maximum absolute atomic E-state index is 12.0. The minimum Gasteiger partial charge on any atom is -0.351 e. The van der Waals surface area contributed by atoms with E-state index in [1.165, 1.54) is 4.31 Å². The average molecular weight is 290 g/mol. The summed E-state index contributed by atoms with van der Waals surface area (Å²) in [7, 11) is -3.12. The largest absolute Gasteiger partial charge is 0.351 e. The normalized spacial score (nSPS) is 19.4. The molecule has 19 heavy (non-hydrogen) atoms. The monoisotopic (exact) mass is 290 g/mol. The number of amides is 1. The molecule has 0 aromatic rings. The topological polar surface area (TPSA) is 66.5 Å². The first-order valence-corrected chi connectivity index (χ1v) is 8.56.